The molecule has 20 heavy (non-hydrogen) atoms. The Balaban J connectivity index is 1.79. The average molecular weight is 274 g/mol. The van der Waals surface area contributed by atoms with E-state index in [-0.39, 0.29) is 17.9 Å². The minimum Gasteiger partial charge on any atom is -0.508 e. The van der Waals surface area contributed by atoms with Gasteiger partial charge in [-0.25, -0.2) is 0 Å². The first kappa shape index (κ1) is 12.7. The van der Waals surface area contributed by atoms with Gasteiger partial charge in [-0.1, -0.05) is 6.07 Å². The highest BCUT2D eigenvalue weighted by Crippen LogP contribution is 2.62. The van der Waals surface area contributed by atoms with Crippen LogP contribution in [0.4, 0.5) is 0 Å². The second-order valence-electron chi connectivity index (χ2n) is 7.13. The number of aliphatic hydroxyl groups is 2. The first-order chi connectivity index (χ1) is 9.57. The summed E-state index contributed by atoms with van der Waals surface area (Å²) in [7, 11) is 0. The largest absolute Gasteiger partial charge is 0.508 e. The van der Waals surface area contributed by atoms with Crippen LogP contribution >= 0.6 is 0 Å². The lowest BCUT2D eigenvalue weighted by Gasteiger charge is -2.46. The van der Waals surface area contributed by atoms with Gasteiger partial charge in [-0.2, -0.15) is 0 Å². The number of aryl methyl sites for hydroxylation is 1. The van der Waals surface area contributed by atoms with Gasteiger partial charge in [-0.15, -0.1) is 0 Å². The number of rotatable bonds is 1. The van der Waals surface area contributed by atoms with Crippen LogP contribution in [-0.4, -0.2) is 27.5 Å². The lowest BCUT2D eigenvalue weighted by Crippen LogP contribution is -2.47. The van der Waals surface area contributed by atoms with Crippen LogP contribution in [0.2, 0.25) is 0 Å². The van der Waals surface area contributed by atoms with E-state index < -0.39 is 5.60 Å². The molecule has 2 saturated carbocycles. The Hall–Kier alpha value is -1.06. The SMILES string of the molecule is OC[C@@]1(O)CC[C@]23C[C@H]1C[C@@H]2CCc1cc(O)ccc13. The van der Waals surface area contributed by atoms with E-state index in [0.29, 0.717) is 18.1 Å². The van der Waals surface area contributed by atoms with Crippen LogP contribution in [0.25, 0.3) is 0 Å². The lowest BCUT2D eigenvalue weighted by molar-refractivity contribution is -0.0839. The standard InChI is InChI=1S/C17H22O3/c18-10-17(20)6-5-16-9-13(17)8-12(16)2-1-11-7-14(19)3-4-15(11)16/h3-4,7,12-13,18-20H,1-2,5-6,8-10H2/t12-,13+,16-,17-/m0/s1. The molecule has 0 radical (unpaired) electrons. The quantitative estimate of drug-likeness (QED) is 0.735. The molecule has 0 aliphatic heterocycles. The van der Waals surface area contributed by atoms with Gasteiger partial charge in [0.1, 0.15) is 5.75 Å². The van der Waals surface area contributed by atoms with Crippen molar-refractivity contribution in [2.45, 2.75) is 49.5 Å². The predicted molar refractivity (Wildman–Crippen MR) is 75.6 cm³/mol. The van der Waals surface area contributed by atoms with Crippen LogP contribution in [0.1, 0.15) is 43.2 Å². The Morgan fingerprint density at radius 2 is 2.05 bits per heavy atom. The van der Waals surface area contributed by atoms with Crippen molar-refractivity contribution in [3.05, 3.63) is 29.3 Å². The molecule has 1 aromatic rings. The number of phenolic OH excluding ortho intramolecular Hbond substituents is 1. The Kier molecular flexibility index (Phi) is 2.52. The van der Waals surface area contributed by atoms with Crippen molar-refractivity contribution in [2.24, 2.45) is 11.8 Å². The fourth-order valence-corrected chi connectivity index (χ4v) is 5.29. The number of aliphatic hydroxyl groups excluding tert-OH is 1. The third kappa shape index (κ3) is 1.48. The first-order valence-corrected chi connectivity index (χ1v) is 7.73. The van der Waals surface area contributed by atoms with Gasteiger partial charge in [-0.05, 0) is 79.0 Å². The van der Waals surface area contributed by atoms with Gasteiger partial charge in [0, 0.05) is 0 Å². The second kappa shape index (κ2) is 3.99. The Bertz CT molecular complexity index is 555. The van der Waals surface area contributed by atoms with Gasteiger partial charge in [-0.3, -0.25) is 0 Å². The molecule has 2 fully saturated rings. The van der Waals surface area contributed by atoms with Crippen LogP contribution in [-0.2, 0) is 11.8 Å². The Morgan fingerprint density at radius 3 is 2.85 bits per heavy atom. The van der Waals surface area contributed by atoms with E-state index in [1.54, 1.807) is 6.07 Å². The molecule has 1 spiro atoms. The molecule has 3 aliphatic rings. The zero-order chi connectivity index (χ0) is 14.0. The van der Waals surface area contributed by atoms with Crippen molar-refractivity contribution in [1.29, 1.82) is 0 Å². The molecule has 0 aromatic heterocycles. The van der Waals surface area contributed by atoms with Crippen molar-refractivity contribution >= 4 is 0 Å². The number of aromatic hydroxyl groups is 1. The highest BCUT2D eigenvalue weighted by molar-refractivity contribution is 5.44. The van der Waals surface area contributed by atoms with Gasteiger partial charge in [0.25, 0.3) is 0 Å². The maximum absolute atomic E-state index is 10.6. The van der Waals surface area contributed by atoms with Crippen LogP contribution < -0.4 is 0 Å². The van der Waals surface area contributed by atoms with Crippen molar-refractivity contribution in [3.8, 4) is 5.75 Å². The van der Waals surface area contributed by atoms with Crippen LogP contribution in [0, 0.1) is 11.8 Å². The monoisotopic (exact) mass is 274 g/mol. The molecule has 108 valence electrons. The smallest absolute Gasteiger partial charge is 0.115 e. The summed E-state index contributed by atoms with van der Waals surface area (Å²) in [6, 6.07) is 5.82. The summed E-state index contributed by atoms with van der Waals surface area (Å²) in [5.41, 5.74) is 2.01. The molecular weight excluding hydrogens is 252 g/mol. The maximum Gasteiger partial charge on any atom is 0.115 e. The summed E-state index contributed by atoms with van der Waals surface area (Å²) in [6.07, 6.45) is 5.87. The van der Waals surface area contributed by atoms with Gasteiger partial charge in [0.15, 0.2) is 0 Å². The van der Waals surface area contributed by atoms with Gasteiger partial charge < -0.3 is 15.3 Å². The highest BCUT2D eigenvalue weighted by Gasteiger charge is 2.59. The number of hydrogen-bond acceptors (Lipinski definition) is 3. The van der Waals surface area contributed by atoms with Gasteiger partial charge in [0.2, 0.25) is 0 Å². The summed E-state index contributed by atoms with van der Waals surface area (Å²) in [6.45, 7) is -0.108. The fourth-order valence-electron chi connectivity index (χ4n) is 5.29. The van der Waals surface area contributed by atoms with E-state index in [1.165, 1.54) is 11.1 Å². The van der Waals surface area contributed by atoms with E-state index in [1.807, 2.05) is 6.07 Å². The highest BCUT2D eigenvalue weighted by atomic mass is 16.3. The molecule has 0 heterocycles. The number of phenols is 1. The summed E-state index contributed by atoms with van der Waals surface area (Å²) >= 11 is 0. The third-order valence-electron chi connectivity index (χ3n) is 6.39. The minimum atomic E-state index is -0.861. The summed E-state index contributed by atoms with van der Waals surface area (Å²) in [5.74, 6) is 1.21. The summed E-state index contributed by atoms with van der Waals surface area (Å²) in [4.78, 5) is 0. The predicted octanol–water partition coefficient (Wildman–Crippen LogP) is 2.12. The Morgan fingerprint density at radius 1 is 1.20 bits per heavy atom. The molecule has 3 aliphatic carbocycles. The summed E-state index contributed by atoms with van der Waals surface area (Å²) in [5, 5.41) is 29.9. The molecule has 0 saturated heterocycles. The van der Waals surface area contributed by atoms with Crippen LogP contribution in [0.15, 0.2) is 18.2 Å². The van der Waals surface area contributed by atoms with Crippen LogP contribution in [0.5, 0.6) is 5.75 Å². The molecule has 4 rings (SSSR count). The van der Waals surface area contributed by atoms with Crippen molar-refractivity contribution in [1.82, 2.24) is 0 Å². The number of benzene rings is 1. The molecule has 0 unspecified atom stereocenters. The molecule has 4 atom stereocenters. The van der Waals surface area contributed by atoms with Crippen molar-refractivity contribution in [2.75, 3.05) is 6.61 Å². The van der Waals surface area contributed by atoms with E-state index in [9.17, 15) is 15.3 Å². The molecular formula is C17H22O3. The molecule has 3 heteroatoms. The van der Waals surface area contributed by atoms with Gasteiger partial charge in [0.05, 0.1) is 12.2 Å². The number of hydrogen-bond donors (Lipinski definition) is 3. The maximum atomic E-state index is 10.6. The fraction of sp³-hybridized carbons (Fsp3) is 0.647. The Labute approximate surface area is 119 Å². The zero-order valence-corrected chi connectivity index (χ0v) is 11.7. The van der Waals surface area contributed by atoms with Gasteiger partial charge >= 0.3 is 0 Å². The molecule has 2 bridgehead atoms. The van der Waals surface area contributed by atoms with Crippen molar-refractivity contribution < 1.29 is 15.3 Å². The minimum absolute atomic E-state index is 0.108. The molecule has 0 amide bonds. The van der Waals surface area contributed by atoms with E-state index in [0.717, 1.165) is 32.1 Å². The normalized spacial score (nSPS) is 42.1. The molecule has 3 nitrogen and oxygen atoms in total. The molecule has 1 aromatic carbocycles. The lowest BCUT2D eigenvalue weighted by atomic mass is 9.59. The van der Waals surface area contributed by atoms with Crippen LogP contribution in [0.3, 0.4) is 0 Å². The topological polar surface area (TPSA) is 60.7 Å². The van der Waals surface area contributed by atoms with E-state index in [4.69, 9.17) is 0 Å². The van der Waals surface area contributed by atoms with E-state index >= 15 is 0 Å². The van der Waals surface area contributed by atoms with Crippen molar-refractivity contribution in [3.63, 3.8) is 0 Å². The molecule has 3 N–H and O–H groups in total. The van der Waals surface area contributed by atoms with E-state index in [2.05, 4.69) is 6.07 Å². The number of fused-ring (bicyclic) bond motifs is 2. The average Bonchev–Trinajstić information content (AvgIpc) is 2.79. The second-order valence-corrected chi connectivity index (χ2v) is 7.13. The third-order valence-corrected chi connectivity index (χ3v) is 6.39. The summed E-state index contributed by atoms with van der Waals surface area (Å²) < 4.78 is 0. The zero-order valence-electron chi connectivity index (χ0n) is 11.7. The first-order valence-electron chi connectivity index (χ1n) is 7.73.